The first-order valence-corrected chi connectivity index (χ1v) is 14.9. The van der Waals surface area contributed by atoms with Crippen LogP contribution in [-0.2, 0) is 19.1 Å². The van der Waals surface area contributed by atoms with E-state index in [1.54, 1.807) is 0 Å². The molecule has 0 saturated heterocycles. The van der Waals surface area contributed by atoms with Crippen molar-refractivity contribution in [3.63, 3.8) is 0 Å². The molecule has 0 aliphatic carbocycles. The van der Waals surface area contributed by atoms with Crippen molar-refractivity contribution >= 4 is 29.8 Å². The summed E-state index contributed by atoms with van der Waals surface area (Å²) in [7, 11) is 0. The van der Waals surface area contributed by atoms with Crippen LogP contribution < -0.4 is 0 Å². The second kappa shape index (κ2) is 25.2. The van der Waals surface area contributed by atoms with Crippen molar-refractivity contribution in [1.82, 2.24) is 4.90 Å². The van der Waals surface area contributed by atoms with Crippen LogP contribution in [0.5, 0.6) is 0 Å². The van der Waals surface area contributed by atoms with Gasteiger partial charge in [0.15, 0.2) is 0 Å². The van der Waals surface area contributed by atoms with Crippen molar-refractivity contribution < 1.29 is 23.9 Å². The highest BCUT2D eigenvalue weighted by atomic mass is 32.1. The number of hydrogen-bond donors (Lipinski definition) is 1. The lowest BCUT2D eigenvalue weighted by Crippen LogP contribution is -2.38. The number of amides is 1. The topological polar surface area (TPSA) is 72.9 Å². The third kappa shape index (κ3) is 21.8. The van der Waals surface area contributed by atoms with E-state index in [1.165, 1.54) is 57.8 Å². The van der Waals surface area contributed by atoms with Gasteiger partial charge in [-0.05, 0) is 38.5 Å². The summed E-state index contributed by atoms with van der Waals surface area (Å²) in [6.07, 6.45) is 22.7. The summed E-state index contributed by atoms with van der Waals surface area (Å²) in [4.78, 5) is 37.7. The van der Waals surface area contributed by atoms with Crippen LogP contribution in [0.1, 0.15) is 130 Å². The van der Waals surface area contributed by atoms with Crippen LogP contribution in [-0.4, -0.2) is 47.9 Å². The average Bonchev–Trinajstić information content (AvgIpc) is 2.84. The molecule has 0 aromatic carbocycles. The lowest BCUT2D eigenvalue weighted by Gasteiger charge is -2.22. The highest BCUT2D eigenvalue weighted by Crippen LogP contribution is 2.17. The van der Waals surface area contributed by atoms with Gasteiger partial charge in [-0.3, -0.25) is 14.4 Å². The third-order valence-electron chi connectivity index (χ3n) is 6.20. The van der Waals surface area contributed by atoms with E-state index in [9.17, 15) is 14.4 Å². The number of ether oxygens (including phenoxy) is 2. The Hall–Kier alpha value is -1.50. The fourth-order valence-electron chi connectivity index (χ4n) is 4.00. The van der Waals surface area contributed by atoms with E-state index in [1.807, 2.05) is 12.2 Å². The highest BCUT2D eigenvalue weighted by molar-refractivity contribution is 7.96. The van der Waals surface area contributed by atoms with Crippen molar-refractivity contribution in [3.05, 3.63) is 12.2 Å². The number of carbonyl (C=O) groups excluding carboxylic acids is 3. The van der Waals surface area contributed by atoms with Crippen molar-refractivity contribution in [2.75, 3.05) is 19.7 Å². The second-order valence-corrected chi connectivity index (χ2v) is 10.0. The predicted molar refractivity (Wildman–Crippen MR) is 151 cm³/mol. The molecule has 36 heavy (non-hydrogen) atoms. The Labute approximate surface area is 226 Å². The number of carbonyl (C=O) groups is 3. The van der Waals surface area contributed by atoms with Crippen LogP contribution in [0.3, 0.4) is 0 Å². The summed E-state index contributed by atoms with van der Waals surface area (Å²) in [5.74, 6) is -1.06. The van der Waals surface area contributed by atoms with Crippen LogP contribution in [0, 0.1) is 0 Å². The molecule has 0 aromatic heterocycles. The monoisotopic (exact) mass is 527 g/mol. The summed E-state index contributed by atoms with van der Waals surface area (Å²) in [5, 5.41) is -0.647. The Morgan fingerprint density at radius 3 is 1.72 bits per heavy atom. The first-order chi connectivity index (χ1) is 17.4. The molecule has 7 heteroatoms. The van der Waals surface area contributed by atoms with Gasteiger partial charge in [0.2, 0.25) is 0 Å². The number of rotatable bonds is 24. The molecule has 6 nitrogen and oxygen atoms in total. The van der Waals surface area contributed by atoms with E-state index in [0.29, 0.717) is 0 Å². The van der Waals surface area contributed by atoms with Gasteiger partial charge in [0, 0.05) is 0 Å². The minimum atomic E-state index is -0.647. The Kier molecular flexibility index (Phi) is 24.1. The summed E-state index contributed by atoms with van der Waals surface area (Å²) in [5.41, 5.74) is 0. The molecular weight excluding hydrogens is 474 g/mol. The SMILES string of the molecule is CCCCCC/C=C\COC(=O)CN(CC(=O)OC(CCCCCCC)CCCCCCC)C(=O)S. The molecule has 0 atom stereocenters. The molecule has 0 bridgehead atoms. The number of esters is 2. The predicted octanol–water partition coefficient (Wildman–Crippen LogP) is 8.04. The maximum absolute atomic E-state index is 12.6. The first kappa shape index (κ1) is 34.5. The molecule has 1 amide bonds. The smallest absolute Gasteiger partial charge is 0.326 e. The summed E-state index contributed by atoms with van der Waals surface area (Å²) >= 11 is 3.83. The van der Waals surface area contributed by atoms with Gasteiger partial charge in [0.25, 0.3) is 5.24 Å². The lowest BCUT2D eigenvalue weighted by molar-refractivity contribution is -0.151. The van der Waals surface area contributed by atoms with Crippen LogP contribution in [0.4, 0.5) is 4.79 Å². The Bertz CT molecular complexity index is 582. The number of hydrogen-bond acceptors (Lipinski definition) is 5. The maximum Gasteiger partial charge on any atom is 0.326 e. The number of nitrogens with zero attached hydrogens (tertiary/aromatic N) is 1. The molecule has 0 N–H and O–H groups in total. The first-order valence-electron chi connectivity index (χ1n) is 14.4. The van der Waals surface area contributed by atoms with Crippen LogP contribution in [0.25, 0.3) is 0 Å². The van der Waals surface area contributed by atoms with Gasteiger partial charge in [0.1, 0.15) is 25.8 Å². The second-order valence-electron chi connectivity index (χ2n) is 9.66. The standard InChI is InChI=1S/C29H53NO5S/c1-4-7-10-13-14-17-20-23-34-27(31)24-30(29(33)36)25-28(32)35-26(21-18-15-11-8-5-2)22-19-16-12-9-6-3/h17,20,26H,4-16,18-19,21-25H2,1-3H3,(H,33,36)/b20-17-. The van der Waals surface area contributed by atoms with Crippen molar-refractivity contribution in [2.24, 2.45) is 0 Å². The quantitative estimate of drug-likeness (QED) is 0.0595. The van der Waals surface area contributed by atoms with E-state index in [4.69, 9.17) is 9.47 Å². The number of allylic oxidation sites excluding steroid dienone is 1. The zero-order chi connectivity index (χ0) is 26.9. The minimum absolute atomic E-state index is 0.146. The van der Waals surface area contributed by atoms with Gasteiger partial charge in [0.05, 0.1) is 0 Å². The summed E-state index contributed by atoms with van der Waals surface area (Å²) in [6, 6.07) is 0. The number of thiol groups is 1. The molecule has 0 aromatic rings. The molecule has 210 valence electrons. The minimum Gasteiger partial charge on any atom is -0.461 e. The van der Waals surface area contributed by atoms with E-state index in [0.717, 1.165) is 56.3 Å². The molecule has 0 rings (SSSR count). The molecule has 0 aliphatic heterocycles. The molecule has 0 unspecified atom stereocenters. The Morgan fingerprint density at radius 2 is 1.19 bits per heavy atom. The zero-order valence-electron chi connectivity index (χ0n) is 23.3. The van der Waals surface area contributed by atoms with E-state index in [2.05, 4.69) is 33.4 Å². The zero-order valence-corrected chi connectivity index (χ0v) is 24.2. The Balaban J connectivity index is 4.53. The molecule has 0 heterocycles. The van der Waals surface area contributed by atoms with Crippen molar-refractivity contribution in [2.45, 2.75) is 136 Å². The van der Waals surface area contributed by atoms with Gasteiger partial charge >= 0.3 is 11.9 Å². The summed E-state index contributed by atoms with van der Waals surface area (Å²) < 4.78 is 10.9. The molecule has 0 spiro atoms. The third-order valence-corrected chi connectivity index (χ3v) is 6.48. The van der Waals surface area contributed by atoms with Crippen LogP contribution in [0.15, 0.2) is 12.2 Å². The van der Waals surface area contributed by atoms with E-state index in [-0.39, 0.29) is 25.8 Å². The van der Waals surface area contributed by atoms with Gasteiger partial charge in [-0.15, -0.1) is 0 Å². The molecule has 0 saturated carbocycles. The van der Waals surface area contributed by atoms with Gasteiger partial charge in [-0.1, -0.05) is 116 Å². The molecular formula is C29H53NO5S. The van der Waals surface area contributed by atoms with Gasteiger partial charge in [-0.2, -0.15) is 0 Å². The Morgan fingerprint density at radius 1 is 0.694 bits per heavy atom. The van der Waals surface area contributed by atoms with Gasteiger partial charge in [-0.25, -0.2) is 0 Å². The fourth-order valence-corrected chi connectivity index (χ4v) is 4.14. The largest absolute Gasteiger partial charge is 0.461 e. The van der Waals surface area contributed by atoms with Crippen LogP contribution in [0.2, 0.25) is 0 Å². The molecule has 0 fully saturated rings. The molecule has 0 aliphatic rings. The maximum atomic E-state index is 12.6. The molecule has 0 radical (unpaired) electrons. The van der Waals surface area contributed by atoms with E-state index >= 15 is 0 Å². The van der Waals surface area contributed by atoms with E-state index < -0.39 is 17.2 Å². The number of unbranched alkanes of at least 4 members (excludes halogenated alkanes) is 12. The van der Waals surface area contributed by atoms with Gasteiger partial charge < -0.3 is 14.4 Å². The highest BCUT2D eigenvalue weighted by Gasteiger charge is 2.22. The van der Waals surface area contributed by atoms with Crippen molar-refractivity contribution in [1.29, 1.82) is 0 Å². The summed E-state index contributed by atoms with van der Waals surface area (Å²) in [6.45, 7) is 6.10. The van der Waals surface area contributed by atoms with Crippen LogP contribution >= 0.6 is 12.6 Å². The average molecular weight is 528 g/mol. The van der Waals surface area contributed by atoms with Crippen molar-refractivity contribution in [3.8, 4) is 0 Å². The lowest BCUT2D eigenvalue weighted by atomic mass is 10.0. The normalized spacial score (nSPS) is 11.2. The fraction of sp³-hybridized carbons (Fsp3) is 0.828.